The summed E-state index contributed by atoms with van der Waals surface area (Å²) >= 11 is 0. The molecule has 0 amide bonds. The number of fused-ring (bicyclic) bond motifs is 1. The number of aromatic nitrogens is 1. The van der Waals surface area contributed by atoms with Gasteiger partial charge in [-0.3, -0.25) is 5.32 Å². The van der Waals surface area contributed by atoms with Crippen LogP contribution in [-0.2, 0) is 25.6 Å². The molecule has 0 fully saturated rings. The SMILES string of the molecule is Cc1cccc2nc(C3C=CCNC3OCCOCCOCCOCc3ccccc3)oc(=O)c12. The maximum absolute atomic E-state index is 12.5. The number of benzene rings is 2. The van der Waals surface area contributed by atoms with Gasteiger partial charge in [-0.15, -0.1) is 0 Å². The molecule has 1 aromatic heterocycles. The largest absolute Gasteiger partial charge is 0.407 e. The summed E-state index contributed by atoms with van der Waals surface area (Å²) in [6, 6.07) is 15.6. The molecule has 0 bridgehead atoms. The van der Waals surface area contributed by atoms with Crippen LogP contribution in [0.5, 0.6) is 0 Å². The minimum atomic E-state index is -0.380. The van der Waals surface area contributed by atoms with Crippen LogP contribution in [0, 0.1) is 6.92 Å². The van der Waals surface area contributed by atoms with Crippen LogP contribution in [0.4, 0.5) is 0 Å². The molecule has 186 valence electrons. The van der Waals surface area contributed by atoms with Gasteiger partial charge in [-0.25, -0.2) is 9.78 Å². The van der Waals surface area contributed by atoms with E-state index in [2.05, 4.69) is 10.3 Å². The normalized spacial score (nSPS) is 17.7. The summed E-state index contributed by atoms with van der Waals surface area (Å²) in [6.07, 6.45) is 3.58. The molecule has 1 aliphatic heterocycles. The van der Waals surface area contributed by atoms with E-state index in [1.54, 1.807) is 0 Å². The Morgan fingerprint density at radius 1 is 0.943 bits per heavy atom. The van der Waals surface area contributed by atoms with E-state index in [-0.39, 0.29) is 17.8 Å². The Kier molecular flexibility index (Phi) is 9.56. The molecule has 0 saturated heterocycles. The molecule has 0 radical (unpaired) electrons. The zero-order valence-electron chi connectivity index (χ0n) is 20.0. The van der Waals surface area contributed by atoms with Crippen molar-refractivity contribution >= 4 is 10.9 Å². The van der Waals surface area contributed by atoms with Gasteiger partial charge in [-0.2, -0.15) is 0 Å². The molecule has 2 aromatic carbocycles. The highest BCUT2D eigenvalue weighted by Gasteiger charge is 2.28. The van der Waals surface area contributed by atoms with Crippen molar-refractivity contribution < 1.29 is 23.4 Å². The molecule has 8 heteroatoms. The number of nitrogens with zero attached hydrogens (tertiary/aromatic N) is 1. The van der Waals surface area contributed by atoms with E-state index in [1.807, 2.05) is 67.6 Å². The second-order valence-corrected chi connectivity index (χ2v) is 8.23. The minimum absolute atomic E-state index is 0.305. The molecule has 2 unspecified atom stereocenters. The lowest BCUT2D eigenvalue weighted by molar-refractivity contribution is -0.0343. The predicted molar refractivity (Wildman–Crippen MR) is 132 cm³/mol. The molecule has 1 aliphatic rings. The fourth-order valence-corrected chi connectivity index (χ4v) is 3.88. The lowest BCUT2D eigenvalue weighted by Gasteiger charge is -2.27. The summed E-state index contributed by atoms with van der Waals surface area (Å²) < 4.78 is 28.3. The predicted octanol–water partition coefficient (Wildman–Crippen LogP) is 3.33. The molecular weight excluding hydrogens is 448 g/mol. The van der Waals surface area contributed by atoms with Gasteiger partial charge >= 0.3 is 5.63 Å². The standard InChI is InChI=1S/C27H32N2O6/c1-20-7-5-11-23-24(20)27(30)35-26(29-23)22-10-6-12-28-25(22)34-18-17-32-14-13-31-15-16-33-19-21-8-3-2-4-9-21/h2-11,22,25,28H,12-19H2,1H3. The maximum atomic E-state index is 12.5. The Hall–Kier alpha value is -2.88. The Bertz CT molecular complexity index is 1150. The summed E-state index contributed by atoms with van der Waals surface area (Å²) in [5, 5.41) is 3.80. The fraction of sp³-hybridized carbons (Fsp3) is 0.407. The molecule has 8 nitrogen and oxygen atoms in total. The van der Waals surface area contributed by atoms with Gasteiger partial charge in [-0.1, -0.05) is 54.6 Å². The van der Waals surface area contributed by atoms with E-state index < -0.39 is 0 Å². The Balaban J connectivity index is 1.14. The lowest BCUT2D eigenvalue weighted by atomic mass is 10.0. The number of aryl methyl sites for hydroxylation is 1. The second kappa shape index (κ2) is 13.3. The summed E-state index contributed by atoms with van der Waals surface area (Å²) in [5.41, 5.74) is 2.24. The van der Waals surface area contributed by atoms with E-state index in [4.69, 9.17) is 23.4 Å². The average Bonchev–Trinajstić information content (AvgIpc) is 2.88. The highest BCUT2D eigenvalue weighted by atomic mass is 16.6. The summed E-state index contributed by atoms with van der Waals surface area (Å²) in [5.74, 6) is 0.0333. The third-order valence-corrected chi connectivity index (χ3v) is 5.66. The first-order chi connectivity index (χ1) is 17.2. The first-order valence-corrected chi connectivity index (χ1v) is 11.9. The fourth-order valence-electron chi connectivity index (χ4n) is 3.88. The molecule has 0 saturated carbocycles. The van der Waals surface area contributed by atoms with Gasteiger partial charge in [0.1, 0.15) is 6.23 Å². The summed E-state index contributed by atoms with van der Waals surface area (Å²) in [4.78, 5) is 17.1. The van der Waals surface area contributed by atoms with Crippen molar-refractivity contribution in [2.45, 2.75) is 25.7 Å². The van der Waals surface area contributed by atoms with Crippen LogP contribution in [0.2, 0.25) is 0 Å². The van der Waals surface area contributed by atoms with Crippen molar-refractivity contribution in [1.82, 2.24) is 10.3 Å². The highest BCUT2D eigenvalue weighted by molar-refractivity contribution is 5.80. The first kappa shape index (κ1) is 25.2. The second-order valence-electron chi connectivity index (χ2n) is 8.23. The first-order valence-electron chi connectivity index (χ1n) is 11.9. The summed E-state index contributed by atoms with van der Waals surface area (Å²) in [6.45, 7) is 5.97. The van der Waals surface area contributed by atoms with Crippen LogP contribution in [0.3, 0.4) is 0 Å². The Morgan fingerprint density at radius 3 is 2.49 bits per heavy atom. The molecule has 0 spiro atoms. The number of hydrogen-bond donors (Lipinski definition) is 1. The van der Waals surface area contributed by atoms with Crippen molar-refractivity contribution in [3.8, 4) is 0 Å². The van der Waals surface area contributed by atoms with Crippen LogP contribution >= 0.6 is 0 Å². The van der Waals surface area contributed by atoms with Gasteiger partial charge in [0.15, 0.2) is 0 Å². The number of nitrogens with one attached hydrogen (secondary N) is 1. The van der Waals surface area contributed by atoms with Crippen molar-refractivity contribution in [1.29, 1.82) is 0 Å². The van der Waals surface area contributed by atoms with Crippen LogP contribution in [0.15, 0.2) is 69.9 Å². The van der Waals surface area contributed by atoms with E-state index in [0.29, 0.717) is 69.6 Å². The van der Waals surface area contributed by atoms with Gasteiger partial charge in [0.2, 0.25) is 5.89 Å². The van der Waals surface area contributed by atoms with Gasteiger partial charge in [-0.05, 0) is 24.1 Å². The molecular formula is C27H32N2O6. The van der Waals surface area contributed by atoms with Gasteiger partial charge in [0, 0.05) is 6.54 Å². The summed E-state index contributed by atoms with van der Waals surface area (Å²) in [7, 11) is 0. The highest BCUT2D eigenvalue weighted by Crippen LogP contribution is 2.24. The smallest absolute Gasteiger partial charge is 0.347 e. The third-order valence-electron chi connectivity index (χ3n) is 5.66. The Morgan fingerprint density at radius 2 is 1.69 bits per heavy atom. The topological polar surface area (TPSA) is 92.1 Å². The number of hydrogen-bond acceptors (Lipinski definition) is 8. The number of ether oxygens (including phenoxy) is 4. The Labute approximate surface area is 204 Å². The number of rotatable bonds is 13. The van der Waals surface area contributed by atoms with Crippen molar-refractivity contribution in [2.75, 3.05) is 46.2 Å². The lowest BCUT2D eigenvalue weighted by Crippen LogP contribution is -2.40. The minimum Gasteiger partial charge on any atom is -0.407 e. The van der Waals surface area contributed by atoms with Crippen LogP contribution in [0.1, 0.15) is 22.9 Å². The van der Waals surface area contributed by atoms with Gasteiger partial charge in [0.05, 0.1) is 63.1 Å². The van der Waals surface area contributed by atoms with Gasteiger partial charge in [0.25, 0.3) is 0 Å². The quantitative estimate of drug-likeness (QED) is 0.294. The third kappa shape index (κ3) is 7.30. The zero-order valence-corrected chi connectivity index (χ0v) is 20.0. The van der Waals surface area contributed by atoms with E-state index in [9.17, 15) is 4.79 Å². The molecule has 4 rings (SSSR count). The van der Waals surface area contributed by atoms with Gasteiger partial charge < -0.3 is 23.4 Å². The van der Waals surface area contributed by atoms with Crippen molar-refractivity contribution in [2.24, 2.45) is 0 Å². The zero-order chi connectivity index (χ0) is 24.3. The molecule has 2 atom stereocenters. The van der Waals surface area contributed by atoms with Crippen molar-refractivity contribution in [3.63, 3.8) is 0 Å². The van der Waals surface area contributed by atoms with Crippen LogP contribution in [0.25, 0.3) is 10.9 Å². The molecule has 35 heavy (non-hydrogen) atoms. The maximum Gasteiger partial charge on any atom is 0.347 e. The van der Waals surface area contributed by atoms with E-state index >= 15 is 0 Å². The molecule has 0 aliphatic carbocycles. The monoisotopic (exact) mass is 480 g/mol. The molecule has 2 heterocycles. The van der Waals surface area contributed by atoms with Crippen molar-refractivity contribution in [3.05, 3.63) is 88.1 Å². The van der Waals surface area contributed by atoms with Crippen LogP contribution in [-0.4, -0.2) is 57.4 Å². The molecule has 3 aromatic rings. The molecule has 1 N–H and O–H groups in total. The van der Waals surface area contributed by atoms with E-state index in [0.717, 1.165) is 11.1 Å². The van der Waals surface area contributed by atoms with Crippen LogP contribution < -0.4 is 10.9 Å². The van der Waals surface area contributed by atoms with E-state index in [1.165, 1.54) is 0 Å². The average molecular weight is 481 g/mol.